The molecule has 3 rings (SSSR count). The minimum atomic E-state index is -0.541. The smallest absolute Gasteiger partial charge is 0.379 e. The zero-order valence-corrected chi connectivity index (χ0v) is 14.3. The number of nitrogens with zero attached hydrogens (tertiary/aromatic N) is 3. The van der Waals surface area contributed by atoms with E-state index < -0.39 is 5.97 Å². The van der Waals surface area contributed by atoms with Crippen LogP contribution in [0.4, 0.5) is 0 Å². The van der Waals surface area contributed by atoms with Gasteiger partial charge in [-0.3, -0.25) is 5.10 Å². The van der Waals surface area contributed by atoms with Crippen molar-refractivity contribution >= 4 is 24.4 Å². The van der Waals surface area contributed by atoms with Crippen LogP contribution in [0, 0.1) is 4.77 Å². The number of aryl methyl sites for hydroxylation is 1. The molecule has 1 N–H and O–H groups in total. The van der Waals surface area contributed by atoms with E-state index in [1.807, 2.05) is 0 Å². The summed E-state index contributed by atoms with van der Waals surface area (Å²) in [7, 11) is 0. The normalized spacial score (nSPS) is 11.1. The van der Waals surface area contributed by atoms with Crippen molar-refractivity contribution in [3.05, 3.63) is 64.6 Å². The number of aromatic amines is 1. The molecular formula is C17H16N4O3S. The predicted molar refractivity (Wildman–Crippen MR) is 94.5 cm³/mol. The second kappa shape index (κ2) is 7.71. The minimum Gasteiger partial charge on any atom is -0.457 e. The molecule has 128 valence electrons. The van der Waals surface area contributed by atoms with Gasteiger partial charge < -0.3 is 9.15 Å². The summed E-state index contributed by atoms with van der Waals surface area (Å²) in [6.45, 7) is 2.06. The van der Waals surface area contributed by atoms with Gasteiger partial charge in [-0.25, -0.2) is 4.79 Å². The number of esters is 1. The summed E-state index contributed by atoms with van der Waals surface area (Å²) in [6, 6.07) is 10.1. The van der Waals surface area contributed by atoms with Crippen LogP contribution < -0.4 is 4.74 Å². The SMILES string of the molecule is CCCc1n[nH]c(=S)n1/N=C/c1ccc(OC(=O)c2ccco2)cc1. The van der Waals surface area contributed by atoms with Gasteiger partial charge in [0.05, 0.1) is 12.5 Å². The summed E-state index contributed by atoms with van der Waals surface area (Å²) >= 11 is 5.17. The van der Waals surface area contributed by atoms with Gasteiger partial charge in [0.15, 0.2) is 5.82 Å². The van der Waals surface area contributed by atoms with Gasteiger partial charge in [0, 0.05) is 6.42 Å². The standard InChI is InChI=1S/C17H16N4O3S/c1-2-4-15-19-20-17(25)21(15)18-11-12-6-8-13(9-7-12)24-16(22)14-5-3-10-23-14/h3,5-11H,2,4H2,1H3,(H,20,25)/b18-11+. The summed E-state index contributed by atoms with van der Waals surface area (Å²) in [5, 5.41) is 11.2. The largest absolute Gasteiger partial charge is 0.457 e. The lowest BCUT2D eigenvalue weighted by Crippen LogP contribution is -2.07. The van der Waals surface area contributed by atoms with Crippen molar-refractivity contribution in [2.24, 2.45) is 5.10 Å². The van der Waals surface area contributed by atoms with E-state index in [1.54, 1.807) is 47.3 Å². The van der Waals surface area contributed by atoms with Gasteiger partial charge in [-0.2, -0.15) is 14.9 Å². The van der Waals surface area contributed by atoms with Crippen LogP contribution in [0.25, 0.3) is 0 Å². The zero-order chi connectivity index (χ0) is 17.6. The third-order valence-corrected chi connectivity index (χ3v) is 3.59. The first-order chi connectivity index (χ1) is 12.2. The van der Waals surface area contributed by atoms with Crippen molar-refractivity contribution < 1.29 is 13.9 Å². The lowest BCUT2D eigenvalue weighted by atomic mass is 10.2. The van der Waals surface area contributed by atoms with Gasteiger partial charge in [-0.05, 0) is 60.6 Å². The molecule has 3 aromatic rings. The highest BCUT2D eigenvalue weighted by molar-refractivity contribution is 7.71. The Kier molecular flexibility index (Phi) is 5.20. The predicted octanol–water partition coefficient (Wildman–Crippen LogP) is 3.59. The van der Waals surface area contributed by atoms with Gasteiger partial charge in [-0.1, -0.05) is 6.92 Å². The summed E-state index contributed by atoms with van der Waals surface area (Å²) in [4.78, 5) is 11.8. The Morgan fingerprint density at radius 3 is 2.88 bits per heavy atom. The van der Waals surface area contributed by atoms with E-state index >= 15 is 0 Å². The van der Waals surface area contributed by atoms with E-state index in [2.05, 4.69) is 22.2 Å². The molecule has 7 nitrogen and oxygen atoms in total. The van der Waals surface area contributed by atoms with Crippen LogP contribution in [0.1, 0.15) is 35.3 Å². The number of aromatic nitrogens is 3. The van der Waals surface area contributed by atoms with E-state index in [9.17, 15) is 4.79 Å². The topological polar surface area (TPSA) is 85.4 Å². The van der Waals surface area contributed by atoms with Crippen molar-refractivity contribution in [1.29, 1.82) is 0 Å². The number of benzene rings is 1. The molecule has 0 aliphatic rings. The fraction of sp³-hybridized carbons (Fsp3) is 0.176. The highest BCUT2D eigenvalue weighted by Crippen LogP contribution is 2.14. The Hall–Kier alpha value is -3.00. The summed E-state index contributed by atoms with van der Waals surface area (Å²) < 4.78 is 12.3. The first-order valence-electron chi connectivity index (χ1n) is 7.73. The summed E-state index contributed by atoms with van der Waals surface area (Å²) in [5.41, 5.74) is 0.836. The Morgan fingerprint density at radius 1 is 1.40 bits per heavy atom. The molecular weight excluding hydrogens is 340 g/mol. The third kappa shape index (κ3) is 4.10. The fourth-order valence-electron chi connectivity index (χ4n) is 2.13. The molecule has 8 heteroatoms. The van der Waals surface area contributed by atoms with Crippen LogP contribution >= 0.6 is 12.2 Å². The molecule has 0 amide bonds. The molecule has 0 spiro atoms. The number of hydrogen-bond donors (Lipinski definition) is 1. The quantitative estimate of drug-likeness (QED) is 0.316. The second-order valence-corrected chi connectivity index (χ2v) is 5.57. The van der Waals surface area contributed by atoms with Crippen molar-refractivity contribution in [2.45, 2.75) is 19.8 Å². The monoisotopic (exact) mass is 356 g/mol. The molecule has 0 fully saturated rings. The molecule has 0 unspecified atom stereocenters. The first kappa shape index (κ1) is 16.8. The molecule has 0 bridgehead atoms. The van der Waals surface area contributed by atoms with E-state index in [0.29, 0.717) is 10.5 Å². The highest BCUT2D eigenvalue weighted by Gasteiger charge is 2.11. The van der Waals surface area contributed by atoms with Crippen LogP contribution in [0.2, 0.25) is 0 Å². The van der Waals surface area contributed by atoms with Crippen molar-refractivity contribution in [3.63, 3.8) is 0 Å². The highest BCUT2D eigenvalue weighted by atomic mass is 32.1. The zero-order valence-electron chi connectivity index (χ0n) is 13.5. The number of nitrogens with one attached hydrogen (secondary N) is 1. The van der Waals surface area contributed by atoms with E-state index in [1.165, 1.54) is 6.26 Å². The van der Waals surface area contributed by atoms with Crippen LogP contribution in [0.5, 0.6) is 5.75 Å². The summed E-state index contributed by atoms with van der Waals surface area (Å²) in [6.07, 6.45) is 4.82. The number of furan rings is 1. The van der Waals surface area contributed by atoms with E-state index in [4.69, 9.17) is 21.4 Å². The molecule has 0 radical (unpaired) electrons. The maximum Gasteiger partial charge on any atom is 0.379 e. The number of carbonyl (C=O) groups excluding carboxylic acids is 1. The van der Waals surface area contributed by atoms with Gasteiger partial charge in [0.1, 0.15) is 5.75 Å². The third-order valence-electron chi connectivity index (χ3n) is 3.33. The van der Waals surface area contributed by atoms with Gasteiger partial charge in [0.2, 0.25) is 10.5 Å². The van der Waals surface area contributed by atoms with Gasteiger partial charge >= 0.3 is 5.97 Å². The molecule has 0 saturated carbocycles. The average molecular weight is 356 g/mol. The Balaban J connectivity index is 1.70. The van der Waals surface area contributed by atoms with E-state index in [-0.39, 0.29) is 5.76 Å². The Morgan fingerprint density at radius 2 is 2.20 bits per heavy atom. The molecule has 0 aliphatic carbocycles. The molecule has 2 heterocycles. The van der Waals surface area contributed by atoms with Crippen LogP contribution in [0.15, 0.2) is 52.2 Å². The van der Waals surface area contributed by atoms with Crippen molar-refractivity contribution in [3.8, 4) is 5.75 Å². The van der Waals surface area contributed by atoms with Crippen LogP contribution in [-0.2, 0) is 6.42 Å². The maximum atomic E-state index is 11.8. The average Bonchev–Trinajstić information content (AvgIpc) is 3.26. The fourth-order valence-corrected chi connectivity index (χ4v) is 2.33. The van der Waals surface area contributed by atoms with Gasteiger partial charge in [0.25, 0.3) is 0 Å². The number of rotatable bonds is 6. The summed E-state index contributed by atoms with van der Waals surface area (Å²) in [5.74, 6) is 0.821. The first-order valence-corrected chi connectivity index (χ1v) is 8.14. The van der Waals surface area contributed by atoms with Crippen molar-refractivity contribution in [1.82, 2.24) is 14.9 Å². The molecule has 0 aliphatic heterocycles. The number of ether oxygens (including phenoxy) is 1. The molecule has 25 heavy (non-hydrogen) atoms. The van der Waals surface area contributed by atoms with E-state index in [0.717, 1.165) is 24.2 Å². The van der Waals surface area contributed by atoms with Crippen LogP contribution in [0.3, 0.4) is 0 Å². The molecule has 2 aromatic heterocycles. The maximum absolute atomic E-state index is 11.8. The molecule has 0 atom stereocenters. The molecule has 1 aromatic carbocycles. The number of hydrogen-bond acceptors (Lipinski definition) is 6. The second-order valence-electron chi connectivity index (χ2n) is 5.19. The van der Waals surface area contributed by atoms with Crippen LogP contribution in [-0.4, -0.2) is 27.1 Å². The number of H-pyrrole nitrogens is 1. The molecule has 0 saturated heterocycles. The number of carbonyl (C=O) groups is 1. The Bertz CT molecular complexity index is 924. The van der Waals surface area contributed by atoms with Gasteiger partial charge in [-0.15, -0.1) is 0 Å². The van der Waals surface area contributed by atoms with Crippen molar-refractivity contribution in [2.75, 3.05) is 0 Å². The minimum absolute atomic E-state index is 0.156. The lowest BCUT2D eigenvalue weighted by Gasteiger charge is -2.02. The Labute approximate surface area is 148 Å². The lowest BCUT2D eigenvalue weighted by molar-refractivity contribution is 0.0701.